The molecule has 0 saturated carbocycles. The Hall–Kier alpha value is 0.120. The normalized spacial score (nSPS) is 16.3. The summed E-state index contributed by atoms with van der Waals surface area (Å²) in [4.78, 5) is 0. The maximum absolute atomic E-state index is 11.3. The van der Waals surface area contributed by atoms with Gasteiger partial charge in [0.1, 0.15) is 0 Å². The minimum Gasteiger partial charge on any atom is -0.393 e. The summed E-state index contributed by atoms with van der Waals surface area (Å²) < 4.78 is 24.9. The van der Waals surface area contributed by atoms with Gasteiger partial charge in [0.15, 0.2) is 0 Å². The molecule has 0 aromatic rings. The molecule has 0 aliphatic rings. The van der Waals surface area contributed by atoms with E-state index in [1.807, 2.05) is 0 Å². The molecule has 7 heteroatoms. The second-order valence-electron chi connectivity index (χ2n) is 3.69. The van der Waals surface area contributed by atoms with Crippen molar-refractivity contribution in [1.29, 1.82) is 0 Å². The zero-order valence-corrected chi connectivity index (χ0v) is 10.3. The molecule has 3 N–H and O–H groups in total. The molecule has 0 heterocycles. The van der Waals surface area contributed by atoms with Crippen molar-refractivity contribution in [2.24, 2.45) is 0 Å². The number of hydrogen-bond acceptors (Lipinski definition) is 4. The molecule has 1 atom stereocenters. The number of aliphatic hydroxyl groups is 2. The number of unbranched alkanes of at least 4 members (excludes halogenated alkanes) is 1. The summed E-state index contributed by atoms with van der Waals surface area (Å²) in [6.07, 6.45) is 1.12. The van der Waals surface area contributed by atoms with Crippen molar-refractivity contribution < 1.29 is 18.6 Å². The smallest absolute Gasteiger partial charge is 0.211 e. The van der Waals surface area contributed by atoms with Crippen LogP contribution in [0.5, 0.6) is 0 Å². The average molecular weight is 260 g/mol. The lowest BCUT2D eigenvalue weighted by atomic mass is 10.1. The highest BCUT2D eigenvalue weighted by Gasteiger charge is 2.21. The largest absolute Gasteiger partial charge is 0.393 e. The molecule has 0 aromatic heterocycles. The summed E-state index contributed by atoms with van der Waals surface area (Å²) in [6.45, 7) is 0.679. The fourth-order valence-corrected chi connectivity index (χ4v) is 2.23. The summed E-state index contributed by atoms with van der Waals surface area (Å²) in [5.41, 5.74) is -1.42. The number of sulfonamides is 1. The zero-order chi connectivity index (χ0) is 11.9. The molecule has 0 aliphatic heterocycles. The van der Waals surface area contributed by atoms with Crippen molar-refractivity contribution in [3.05, 3.63) is 0 Å². The molecule has 92 valence electrons. The third-order valence-corrected chi connectivity index (χ3v) is 3.49. The van der Waals surface area contributed by atoms with Crippen LogP contribution in [0.1, 0.15) is 19.8 Å². The topological polar surface area (TPSA) is 86.6 Å². The van der Waals surface area contributed by atoms with Gasteiger partial charge in [-0.25, -0.2) is 13.1 Å². The minimum absolute atomic E-state index is 0.0127. The second-order valence-corrected chi connectivity index (χ2v) is 6.00. The zero-order valence-electron chi connectivity index (χ0n) is 8.74. The number of halogens is 1. The Morgan fingerprint density at radius 3 is 2.47 bits per heavy atom. The molecule has 0 aliphatic carbocycles. The molecular formula is C8H18ClNO4S. The van der Waals surface area contributed by atoms with E-state index < -0.39 is 22.2 Å². The van der Waals surface area contributed by atoms with Crippen LogP contribution in [0.2, 0.25) is 0 Å². The van der Waals surface area contributed by atoms with Crippen molar-refractivity contribution in [3.8, 4) is 0 Å². The van der Waals surface area contributed by atoms with Crippen molar-refractivity contribution in [1.82, 2.24) is 4.72 Å². The first kappa shape index (κ1) is 15.1. The van der Waals surface area contributed by atoms with Crippen LogP contribution >= 0.6 is 11.6 Å². The van der Waals surface area contributed by atoms with Gasteiger partial charge in [0.2, 0.25) is 10.0 Å². The van der Waals surface area contributed by atoms with E-state index in [-0.39, 0.29) is 12.3 Å². The van der Waals surface area contributed by atoms with Gasteiger partial charge >= 0.3 is 0 Å². The fourth-order valence-electron chi connectivity index (χ4n) is 0.780. The highest BCUT2D eigenvalue weighted by molar-refractivity contribution is 7.89. The molecule has 0 fully saturated rings. The molecule has 0 saturated heterocycles. The number of rotatable bonds is 8. The lowest BCUT2D eigenvalue weighted by Gasteiger charge is -2.20. The van der Waals surface area contributed by atoms with Crippen LogP contribution in [0.25, 0.3) is 0 Å². The van der Waals surface area contributed by atoms with Gasteiger partial charge in [0.25, 0.3) is 0 Å². The van der Waals surface area contributed by atoms with Crippen LogP contribution in [0.3, 0.4) is 0 Å². The van der Waals surface area contributed by atoms with Crippen LogP contribution in [0, 0.1) is 0 Å². The average Bonchev–Trinajstić information content (AvgIpc) is 2.16. The molecule has 0 radical (unpaired) electrons. The standard InChI is InChI=1S/C8H18ClNO4S/c1-8(12,7-11)6-10-15(13,14)5-3-2-4-9/h10-12H,2-7H2,1H3. The molecule has 15 heavy (non-hydrogen) atoms. The van der Waals surface area contributed by atoms with Crippen LogP contribution in [0.4, 0.5) is 0 Å². The van der Waals surface area contributed by atoms with Crippen LogP contribution in [0.15, 0.2) is 0 Å². The predicted molar refractivity (Wildman–Crippen MR) is 59.5 cm³/mol. The third-order valence-electron chi connectivity index (χ3n) is 1.81. The monoisotopic (exact) mass is 259 g/mol. The Balaban J connectivity index is 3.94. The Bertz CT molecular complexity index is 266. The van der Waals surface area contributed by atoms with E-state index in [1.165, 1.54) is 6.92 Å². The van der Waals surface area contributed by atoms with E-state index in [2.05, 4.69) is 4.72 Å². The lowest BCUT2D eigenvalue weighted by molar-refractivity contribution is 0.00681. The van der Waals surface area contributed by atoms with Gasteiger partial charge in [-0.3, -0.25) is 0 Å². The summed E-state index contributed by atoms with van der Waals surface area (Å²) in [7, 11) is -3.38. The van der Waals surface area contributed by atoms with Gasteiger partial charge in [-0.05, 0) is 19.8 Å². The highest BCUT2D eigenvalue weighted by Crippen LogP contribution is 2.01. The van der Waals surface area contributed by atoms with E-state index in [1.54, 1.807) is 0 Å². The van der Waals surface area contributed by atoms with Crippen molar-refractivity contribution in [3.63, 3.8) is 0 Å². The minimum atomic E-state index is -3.38. The molecule has 0 bridgehead atoms. The van der Waals surface area contributed by atoms with Crippen molar-refractivity contribution >= 4 is 21.6 Å². The quantitative estimate of drug-likeness (QED) is 0.411. The molecular weight excluding hydrogens is 242 g/mol. The SMILES string of the molecule is CC(O)(CO)CNS(=O)(=O)CCCCCl. The first-order valence-corrected chi connectivity index (χ1v) is 6.88. The molecule has 5 nitrogen and oxygen atoms in total. The fraction of sp³-hybridized carbons (Fsp3) is 1.00. The van der Waals surface area contributed by atoms with Gasteiger partial charge in [0, 0.05) is 12.4 Å². The van der Waals surface area contributed by atoms with E-state index in [4.69, 9.17) is 16.7 Å². The van der Waals surface area contributed by atoms with E-state index in [9.17, 15) is 13.5 Å². The predicted octanol–water partition coefficient (Wildman–Crippen LogP) is -0.332. The number of alkyl halides is 1. The summed E-state index contributed by atoms with van der Waals surface area (Å²) in [5.74, 6) is 0.422. The van der Waals surface area contributed by atoms with Crippen molar-refractivity contribution in [2.75, 3.05) is 24.8 Å². The second kappa shape index (κ2) is 6.65. The van der Waals surface area contributed by atoms with Gasteiger partial charge in [-0.1, -0.05) is 0 Å². The van der Waals surface area contributed by atoms with Crippen LogP contribution in [-0.2, 0) is 10.0 Å². The number of nitrogens with one attached hydrogen (secondary N) is 1. The number of hydrogen-bond donors (Lipinski definition) is 3. The highest BCUT2D eigenvalue weighted by atomic mass is 35.5. The molecule has 1 unspecified atom stereocenters. The molecule has 0 amide bonds. The van der Waals surface area contributed by atoms with Gasteiger partial charge < -0.3 is 10.2 Å². The number of aliphatic hydroxyl groups excluding tert-OH is 1. The first-order chi connectivity index (χ1) is 6.83. The van der Waals surface area contributed by atoms with Crippen molar-refractivity contribution in [2.45, 2.75) is 25.4 Å². The molecule has 0 aromatic carbocycles. The third kappa shape index (κ3) is 7.98. The van der Waals surface area contributed by atoms with Gasteiger partial charge in [-0.2, -0.15) is 0 Å². The van der Waals surface area contributed by atoms with Crippen LogP contribution in [-0.4, -0.2) is 49.0 Å². The first-order valence-electron chi connectivity index (χ1n) is 4.69. The Morgan fingerprint density at radius 2 is 2.00 bits per heavy atom. The van der Waals surface area contributed by atoms with Crippen LogP contribution < -0.4 is 4.72 Å². The summed E-state index contributed by atoms with van der Waals surface area (Å²) in [5, 5.41) is 18.1. The summed E-state index contributed by atoms with van der Waals surface area (Å²) in [6, 6.07) is 0. The maximum Gasteiger partial charge on any atom is 0.211 e. The Kier molecular flexibility index (Phi) is 6.70. The summed E-state index contributed by atoms with van der Waals surface area (Å²) >= 11 is 5.41. The Morgan fingerprint density at radius 1 is 1.40 bits per heavy atom. The molecule has 0 spiro atoms. The maximum atomic E-state index is 11.3. The lowest BCUT2D eigenvalue weighted by Crippen LogP contribution is -2.43. The van der Waals surface area contributed by atoms with E-state index >= 15 is 0 Å². The Labute approximate surface area is 95.5 Å². The van der Waals surface area contributed by atoms with Gasteiger partial charge in [0.05, 0.1) is 18.0 Å². The van der Waals surface area contributed by atoms with Gasteiger partial charge in [-0.15, -0.1) is 11.6 Å². The molecule has 0 rings (SSSR count). The van der Waals surface area contributed by atoms with E-state index in [0.717, 1.165) is 0 Å². The van der Waals surface area contributed by atoms with E-state index in [0.29, 0.717) is 18.7 Å².